The van der Waals surface area contributed by atoms with E-state index in [1.165, 1.54) is 4.31 Å². The molecule has 4 rings (SSSR count). The van der Waals surface area contributed by atoms with Crippen molar-refractivity contribution < 1.29 is 26.4 Å². The Balaban J connectivity index is 1.40. The molecule has 2 fully saturated rings. The van der Waals surface area contributed by atoms with Crippen LogP contribution in [0.1, 0.15) is 22.3 Å². The smallest absolute Gasteiger partial charge is 0.352 e. The lowest BCUT2D eigenvalue weighted by Crippen LogP contribution is -2.49. The summed E-state index contributed by atoms with van der Waals surface area (Å²) in [6.07, 6.45) is -3.19. The van der Waals surface area contributed by atoms with E-state index >= 15 is 0 Å². The normalized spacial score (nSPS) is 18.8. The van der Waals surface area contributed by atoms with Gasteiger partial charge in [-0.25, -0.2) is 13.4 Å². The standard InChI is InChI=1S/C20H20ClF3N4O3S/c21-17-12-15(20(22,23)24)13-25-18(17)26-7-9-27(10-8-26)19(29)14-2-4-16(5-3-14)28-6-1-11-32(28,30)31/h2-5,12-13H,1,6-11H2. The molecular weight excluding hydrogens is 469 g/mol. The number of sulfonamides is 1. The Morgan fingerprint density at radius 1 is 1.03 bits per heavy atom. The third-order valence-electron chi connectivity index (χ3n) is 5.52. The molecule has 0 atom stereocenters. The van der Waals surface area contributed by atoms with Gasteiger partial charge in [0.1, 0.15) is 5.82 Å². The number of amides is 1. The highest BCUT2D eigenvalue weighted by atomic mass is 35.5. The van der Waals surface area contributed by atoms with Gasteiger partial charge in [-0.15, -0.1) is 0 Å². The maximum Gasteiger partial charge on any atom is 0.417 e. The lowest BCUT2D eigenvalue weighted by Gasteiger charge is -2.36. The Labute approximate surface area is 188 Å². The fourth-order valence-corrected chi connectivity index (χ4v) is 5.67. The fraction of sp³-hybridized carbons (Fsp3) is 0.400. The van der Waals surface area contributed by atoms with E-state index in [2.05, 4.69) is 4.98 Å². The van der Waals surface area contributed by atoms with Gasteiger partial charge in [-0.3, -0.25) is 9.10 Å². The number of alkyl halides is 3. The number of hydrogen-bond donors (Lipinski definition) is 0. The number of hydrogen-bond acceptors (Lipinski definition) is 5. The van der Waals surface area contributed by atoms with Crippen LogP contribution in [0.25, 0.3) is 0 Å². The van der Waals surface area contributed by atoms with Gasteiger partial charge >= 0.3 is 6.18 Å². The van der Waals surface area contributed by atoms with Gasteiger partial charge in [0, 0.05) is 44.5 Å². The van der Waals surface area contributed by atoms with Crippen LogP contribution in [-0.4, -0.2) is 62.7 Å². The molecule has 7 nitrogen and oxygen atoms in total. The van der Waals surface area contributed by atoms with Crippen molar-refractivity contribution in [3.8, 4) is 0 Å². The molecule has 1 aromatic heterocycles. The molecule has 2 aliphatic heterocycles. The second-order valence-electron chi connectivity index (χ2n) is 7.60. The van der Waals surface area contributed by atoms with Gasteiger partial charge in [-0.1, -0.05) is 11.6 Å². The predicted octanol–water partition coefficient (Wildman–Crippen LogP) is 3.26. The summed E-state index contributed by atoms with van der Waals surface area (Å²) in [6, 6.07) is 7.30. The summed E-state index contributed by atoms with van der Waals surface area (Å²) < 4.78 is 63.9. The van der Waals surface area contributed by atoms with Crippen molar-refractivity contribution in [2.45, 2.75) is 12.6 Å². The summed E-state index contributed by atoms with van der Waals surface area (Å²) in [5.41, 5.74) is 0.0570. The second-order valence-corrected chi connectivity index (χ2v) is 10.0. The van der Waals surface area contributed by atoms with Crippen molar-refractivity contribution >= 4 is 39.0 Å². The van der Waals surface area contributed by atoms with Crippen LogP contribution in [0.15, 0.2) is 36.5 Å². The monoisotopic (exact) mass is 488 g/mol. The molecule has 1 amide bonds. The van der Waals surface area contributed by atoms with Crippen LogP contribution < -0.4 is 9.21 Å². The minimum absolute atomic E-state index is 0.0907. The maximum absolute atomic E-state index is 12.8. The first-order valence-corrected chi connectivity index (χ1v) is 11.9. The van der Waals surface area contributed by atoms with E-state index in [4.69, 9.17) is 11.6 Å². The Morgan fingerprint density at radius 2 is 1.69 bits per heavy atom. The maximum atomic E-state index is 12.8. The first-order valence-electron chi connectivity index (χ1n) is 9.94. The summed E-state index contributed by atoms with van der Waals surface area (Å²) in [6.45, 7) is 1.86. The number of benzene rings is 1. The molecule has 0 saturated carbocycles. The summed E-state index contributed by atoms with van der Waals surface area (Å²) in [5, 5.41) is -0.0907. The van der Waals surface area contributed by atoms with Crippen LogP contribution in [0.2, 0.25) is 5.02 Å². The van der Waals surface area contributed by atoms with E-state index < -0.39 is 21.8 Å². The van der Waals surface area contributed by atoms with Crippen molar-refractivity contribution in [3.63, 3.8) is 0 Å². The Kier molecular flexibility index (Phi) is 5.97. The van der Waals surface area contributed by atoms with E-state index in [0.29, 0.717) is 50.4 Å². The third kappa shape index (κ3) is 4.49. The number of nitrogens with zero attached hydrogens (tertiary/aromatic N) is 4. The average molecular weight is 489 g/mol. The van der Waals surface area contributed by atoms with Crippen LogP contribution in [-0.2, 0) is 16.2 Å². The van der Waals surface area contributed by atoms with Gasteiger partial charge in [0.05, 0.1) is 22.0 Å². The molecule has 1 aromatic carbocycles. The molecular formula is C20H20ClF3N4O3S. The van der Waals surface area contributed by atoms with E-state index in [0.717, 1.165) is 12.3 Å². The molecule has 3 heterocycles. The molecule has 0 N–H and O–H groups in total. The molecule has 0 aliphatic carbocycles. The highest BCUT2D eigenvalue weighted by molar-refractivity contribution is 7.93. The lowest BCUT2D eigenvalue weighted by molar-refractivity contribution is -0.137. The predicted molar refractivity (Wildman–Crippen MR) is 115 cm³/mol. The summed E-state index contributed by atoms with van der Waals surface area (Å²) in [4.78, 5) is 20.1. The Bertz CT molecular complexity index is 1120. The van der Waals surface area contributed by atoms with E-state index in [1.807, 2.05) is 0 Å². The summed E-state index contributed by atoms with van der Waals surface area (Å²) >= 11 is 6.02. The van der Waals surface area contributed by atoms with Crippen LogP contribution in [0.4, 0.5) is 24.7 Å². The highest BCUT2D eigenvalue weighted by Gasteiger charge is 2.33. The van der Waals surface area contributed by atoms with Gasteiger partial charge in [0.2, 0.25) is 10.0 Å². The molecule has 32 heavy (non-hydrogen) atoms. The molecule has 2 saturated heterocycles. The topological polar surface area (TPSA) is 73.8 Å². The van der Waals surface area contributed by atoms with Crippen LogP contribution in [0, 0.1) is 0 Å². The SMILES string of the molecule is O=C(c1ccc(N2CCCS2(=O)=O)cc1)N1CCN(c2ncc(C(F)(F)F)cc2Cl)CC1. The zero-order valence-electron chi connectivity index (χ0n) is 16.8. The van der Waals surface area contributed by atoms with Gasteiger partial charge in [0.25, 0.3) is 5.91 Å². The number of rotatable bonds is 3. The molecule has 0 radical (unpaired) electrons. The molecule has 172 valence electrons. The first-order chi connectivity index (χ1) is 15.1. The Hall–Kier alpha value is -2.53. The molecule has 0 spiro atoms. The molecule has 2 aliphatic rings. The average Bonchev–Trinajstić information content (AvgIpc) is 3.12. The largest absolute Gasteiger partial charge is 0.417 e. The zero-order valence-corrected chi connectivity index (χ0v) is 18.4. The van der Waals surface area contributed by atoms with Crippen molar-refractivity contribution in [2.24, 2.45) is 0 Å². The van der Waals surface area contributed by atoms with Crippen LogP contribution in [0.5, 0.6) is 0 Å². The molecule has 0 bridgehead atoms. The van der Waals surface area contributed by atoms with Gasteiger partial charge < -0.3 is 9.80 Å². The number of halogens is 4. The van der Waals surface area contributed by atoms with Gasteiger partial charge in [-0.05, 0) is 36.8 Å². The van der Waals surface area contributed by atoms with Crippen molar-refractivity contribution in [1.29, 1.82) is 0 Å². The van der Waals surface area contributed by atoms with Crippen molar-refractivity contribution in [1.82, 2.24) is 9.88 Å². The third-order valence-corrected chi connectivity index (χ3v) is 7.66. The number of aromatic nitrogens is 1. The number of pyridine rings is 1. The van der Waals surface area contributed by atoms with E-state index in [-0.39, 0.29) is 22.5 Å². The molecule has 12 heteroatoms. The highest BCUT2D eigenvalue weighted by Crippen LogP contribution is 2.34. The summed E-state index contributed by atoms with van der Waals surface area (Å²) in [7, 11) is -3.29. The minimum atomic E-state index is -4.52. The van der Waals surface area contributed by atoms with Crippen LogP contribution in [0.3, 0.4) is 0 Å². The first kappa shape index (κ1) is 22.7. The fourth-order valence-electron chi connectivity index (χ4n) is 3.82. The number of anilines is 2. The van der Waals surface area contributed by atoms with E-state index in [1.54, 1.807) is 34.1 Å². The quantitative estimate of drug-likeness (QED) is 0.663. The lowest BCUT2D eigenvalue weighted by atomic mass is 10.1. The number of piperazine rings is 1. The number of carbonyl (C=O) groups excluding carboxylic acids is 1. The van der Waals surface area contributed by atoms with Gasteiger partial charge in [-0.2, -0.15) is 13.2 Å². The minimum Gasteiger partial charge on any atom is -0.352 e. The van der Waals surface area contributed by atoms with Crippen LogP contribution >= 0.6 is 11.6 Å². The van der Waals surface area contributed by atoms with E-state index in [9.17, 15) is 26.4 Å². The second kappa shape index (κ2) is 8.43. The zero-order chi connectivity index (χ0) is 23.1. The molecule has 2 aromatic rings. The van der Waals surface area contributed by atoms with Gasteiger partial charge in [0.15, 0.2) is 0 Å². The van der Waals surface area contributed by atoms with Crippen molar-refractivity contribution in [3.05, 3.63) is 52.7 Å². The van der Waals surface area contributed by atoms with Crippen molar-refractivity contribution in [2.75, 3.05) is 47.7 Å². The molecule has 0 unspecified atom stereocenters. The summed E-state index contributed by atoms with van der Waals surface area (Å²) in [5.74, 6) is 0.172. The number of carbonyl (C=O) groups is 1. The Morgan fingerprint density at radius 3 is 2.22 bits per heavy atom.